The Kier molecular flexibility index (Phi) is 14.4. The maximum absolute atomic E-state index is 14.2. The van der Waals surface area contributed by atoms with Crippen molar-refractivity contribution >= 4 is 29.0 Å². The summed E-state index contributed by atoms with van der Waals surface area (Å²) < 4.78 is 26.0. The van der Waals surface area contributed by atoms with Crippen LogP contribution in [0, 0.1) is 24.7 Å². The normalized spacial score (nSPS) is 20.5. The first-order chi connectivity index (χ1) is 37.4. The second-order valence-corrected chi connectivity index (χ2v) is 20.6. The molecule has 3 aliphatic heterocycles. The Morgan fingerprint density at radius 3 is 2.40 bits per heavy atom. The molecule has 0 spiro atoms. The summed E-state index contributed by atoms with van der Waals surface area (Å²) in [6, 6.07) is 26.1. The number of fused-ring (bicyclic) bond motifs is 2. The number of hydrogen-bond acceptors (Lipinski definition) is 16. The van der Waals surface area contributed by atoms with E-state index < -0.39 is 12.0 Å². The smallest absolute Gasteiger partial charge is 0.255 e. The van der Waals surface area contributed by atoms with Crippen molar-refractivity contribution in [1.29, 1.82) is 0 Å². The number of imidazole rings is 1. The molecule has 1 saturated carbocycles. The molecule has 19 nitrogen and oxygen atoms in total. The lowest BCUT2D eigenvalue weighted by atomic mass is 9.91. The lowest BCUT2D eigenvalue weighted by Crippen LogP contribution is -2.54. The Hall–Kier alpha value is -8.66. The second kappa shape index (κ2) is 21.9. The molecule has 19 heteroatoms. The first-order valence-corrected chi connectivity index (χ1v) is 26.4. The van der Waals surface area contributed by atoms with E-state index in [1.807, 2.05) is 99.3 Å². The Morgan fingerprint density at radius 2 is 1.66 bits per heavy atom. The zero-order chi connectivity index (χ0) is 53.2. The highest BCUT2D eigenvalue weighted by molar-refractivity contribution is 5.91. The van der Waals surface area contributed by atoms with Gasteiger partial charge < -0.3 is 54.2 Å². The van der Waals surface area contributed by atoms with Crippen molar-refractivity contribution in [3.8, 4) is 52.0 Å². The fourth-order valence-electron chi connectivity index (χ4n) is 11.1. The zero-order valence-corrected chi connectivity index (χ0v) is 43.5. The van der Waals surface area contributed by atoms with E-state index in [0.717, 1.165) is 73.6 Å². The van der Waals surface area contributed by atoms with E-state index in [-0.39, 0.29) is 66.3 Å². The molecule has 3 saturated heterocycles. The van der Waals surface area contributed by atoms with Gasteiger partial charge in [0.2, 0.25) is 17.7 Å². The summed E-state index contributed by atoms with van der Waals surface area (Å²) in [5.41, 5.74) is 12.0. The molecule has 396 valence electrons. The van der Waals surface area contributed by atoms with E-state index in [4.69, 9.17) is 24.5 Å². The number of ether oxygens (including phenoxy) is 3. The molecule has 4 fully saturated rings. The summed E-state index contributed by atoms with van der Waals surface area (Å²) in [4.78, 5) is 47.6. The molecule has 0 radical (unpaired) electrons. The van der Waals surface area contributed by atoms with Gasteiger partial charge >= 0.3 is 0 Å². The number of hydrogen-bond donors (Lipinski definition) is 3. The standard InChI is InChI=1S/C58H62N12O7/c1-35(2)55(58(73)69-24-7-11-49(69)57(72)63-36(3)38-13-16-40(17-14-38)68-25-23-60-37(68)4)52-31-54(66-77-52)74-26-8-9-39-15-20-44(32-62-39)75-45-28-46(29-45)76-53-27-41(21-22-61-53)70-42-18-19-43(70)34-67(33-42)50-30-48(64-65-56(50)59)47-10-5-6-12-51(47)71/h5-6,10,12-17,20-23,25,27,30-32,35-36,42-43,45-46,49,55,71H,7,11,18-19,24,26,28-29,33-34H2,1-4H3,(H2,59,65)(H,63,72)/t36-,42?,43?,45-,46-,49-,55+/m0/s1. The summed E-state index contributed by atoms with van der Waals surface area (Å²) >= 11 is 0. The number of phenols is 1. The average molecular weight is 1040 g/mol. The summed E-state index contributed by atoms with van der Waals surface area (Å²) in [5, 5.41) is 26.2. The number of aromatic hydroxyl groups is 1. The molecule has 2 amide bonds. The molecular formula is C58H62N12O7. The molecule has 2 aromatic carbocycles. The minimum atomic E-state index is -0.657. The number of pyridine rings is 2. The molecular weight excluding hydrogens is 977 g/mol. The maximum atomic E-state index is 14.2. The fourth-order valence-corrected chi connectivity index (χ4v) is 11.1. The summed E-state index contributed by atoms with van der Waals surface area (Å²) in [5.74, 6) is 8.07. The van der Waals surface area contributed by atoms with Crippen molar-refractivity contribution in [1.82, 2.24) is 45.1 Å². The number of nitrogens with two attached hydrogens (primary N) is 1. The summed E-state index contributed by atoms with van der Waals surface area (Å²) in [7, 11) is 0. The minimum Gasteiger partial charge on any atom is -0.507 e. The van der Waals surface area contributed by atoms with Crippen LogP contribution >= 0.6 is 0 Å². The number of likely N-dealkylation sites (tertiary alicyclic amines) is 1. The number of nitrogen functional groups attached to an aromatic ring is 1. The molecule has 77 heavy (non-hydrogen) atoms. The predicted molar refractivity (Wildman–Crippen MR) is 288 cm³/mol. The third kappa shape index (κ3) is 10.9. The van der Waals surface area contributed by atoms with Crippen LogP contribution in [0.3, 0.4) is 0 Å². The largest absolute Gasteiger partial charge is 0.507 e. The van der Waals surface area contributed by atoms with Crippen molar-refractivity contribution < 1.29 is 33.4 Å². The Morgan fingerprint density at radius 1 is 0.870 bits per heavy atom. The van der Waals surface area contributed by atoms with E-state index in [1.165, 1.54) is 0 Å². The summed E-state index contributed by atoms with van der Waals surface area (Å²) in [6.07, 6.45) is 12.0. The van der Waals surface area contributed by atoms with Crippen LogP contribution in [0.15, 0.2) is 114 Å². The number of carbonyl (C=O) groups is 2. The van der Waals surface area contributed by atoms with Crippen LogP contribution in [0.4, 0.5) is 17.2 Å². The van der Waals surface area contributed by atoms with Gasteiger partial charge in [-0.25, -0.2) is 15.0 Å². The molecule has 4 N–H and O–H groups in total. The second-order valence-electron chi connectivity index (χ2n) is 20.6. The van der Waals surface area contributed by atoms with Crippen LogP contribution in [0.25, 0.3) is 16.9 Å². The predicted octanol–water partition coefficient (Wildman–Crippen LogP) is 7.59. The Bertz CT molecular complexity index is 3280. The van der Waals surface area contributed by atoms with E-state index in [2.05, 4.69) is 63.3 Å². The van der Waals surface area contributed by atoms with E-state index in [9.17, 15) is 14.7 Å². The highest BCUT2D eigenvalue weighted by atomic mass is 16.5. The van der Waals surface area contributed by atoms with Crippen LogP contribution < -0.4 is 35.1 Å². The minimum absolute atomic E-state index is 0.0166. The number of anilines is 3. The van der Waals surface area contributed by atoms with Crippen molar-refractivity contribution in [3.63, 3.8) is 0 Å². The number of carbonyl (C=O) groups excluding carboxylic acids is 2. The van der Waals surface area contributed by atoms with Crippen molar-refractivity contribution in [2.75, 3.05) is 41.8 Å². The quantitative estimate of drug-likeness (QED) is 0.0793. The number of piperazine rings is 1. The van der Waals surface area contributed by atoms with Gasteiger partial charge in [0.15, 0.2) is 18.2 Å². The molecule has 1 aliphatic carbocycles. The topological polar surface area (TPSA) is 225 Å². The van der Waals surface area contributed by atoms with Gasteiger partial charge in [0, 0.05) is 92.2 Å². The molecule has 11 rings (SSSR count). The van der Waals surface area contributed by atoms with Gasteiger partial charge in [-0.3, -0.25) is 9.59 Å². The molecule has 8 heterocycles. The Balaban J connectivity index is 0.622. The number of benzene rings is 2. The van der Waals surface area contributed by atoms with Gasteiger partial charge in [-0.1, -0.05) is 44.0 Å². The van der Waals surface area contributed by atoms with Crippen LogP contribution in [0.1, 0.15) is 94.1 Å². The highest BCUT2D eigenvalue weighted by Gasteiger charge is 2.43. The number of aryl methyl sites for hydroxylation is 1. The third-order valence-corrected chi connectivity index (χ3v) is 15.1. The van der Waals surface area contributed by atoms with Gasteiger partial charge in [0.25, 0.3) is 5.88 Å². The van der Waals surface area contributed by atoms with E-state index in [0.29, 0.717) is 53.1 Å². The number of para-hydroxylation sites is 1. The SMILES string of the molecule is Cc1nccn1-c1ccc([C@H](C)NC(=O)[C@@H]2CCCN2C(=O)[C@@H](c2cc(OCC#Cc3ccc(O[C@H]4C[C@H](Oc5cc(N6C7CCC6CN(c6cc(-c8ccccc8O)nnc6N)C7)ccn5)C4)cn3)no2)C(C)C)cc1. The fraction of sp³-hybridized carbons (Fsp3) is 0.379. The third-order valence-electron chi connectivity index (χ3n) is 15.1. The molecule has 4 aliphatic rings. The maximum Gasteiger partial charge on any atom is 0.255 e. The van der Waals surface area contributed by atoms with E-state index in [1.54, 1.807) is 41.6 Å². The monoisotopic (exact) mass is 1040 g/mol. The molecule has 5 atom stereocenters. The van der Waals surface area contributed by atoms with Crippen LogP contribution in [0.5, 0.6) is 23.3 Å². The molecule has 7 aromatic rings. The Labute approximate surface area is 446 Å². The lowest BCUT2D eigenvalue weighted by Gasteiger charge is -2.43. The summed E-state index contributed by atoms with van der Waals surface area (Å²) in [6.45, 7) is 9.84. The number of amides is 2. The van der Waals surface area contributed by atoms with Crippen LogP contribution in [0.2, 0.25) is 0 Å². The van der Waals surface area contributed by atoms with Crippen LogP contribution in [-0.4, -0.2) is 113 Å². The first-order valence-electron chi connectivity index (χ1n) is 26.4. The number of rotatable bonds is 16. The van der Waals surface area contributed by atoms with Crippen molar-refractivity contribution in [2.45, 2.75) is 109 Å². The van der Waals surface area contributed by atoms with Gasteiger partial charge in [-0.15, -0.1) is 10.2 Å². The molecule has 2 bridgehead atoms. The van der Waals surface area contributed by atoms with Crippen LogP contribution in [-0.2, 0) is 9.59 Å². The number of phenolic OH excluding ortho intramolecular Hbond substituents is 1. The van der Waals surface area contributed by atoms with Gasteiger partial charge in [0.05, 0.1) is 23.6 Å². The molecule has 5 aromatic heterocycles. The van der Waals surface area contributed by atoms with Crippen molar-refractivity contribution in [2.24, 2.45) is 5.92 Å². The van der Waals surface area contributed by atoms with Gasteiger partial charge in [-0.05, 0) is 111 Å². The first kappa shape index (κ1) is 50.5. The number of nitrogens with zero attached hydrogens (tertiary/aromatic N) is 10. The van der Waals surface area contributed by atoms with E-state index >= 15 is 0 Å². The number of aromatic nitrogens is 7. The average Bonchev–Trinajstić information content (AvgIpc) is 4.32. The van der Waals surface area contributed by atoms with Crippen molar-refractivity contribution in [3.05, 3.63) is 133 Å². The highest BCUT2D eigenvalue weighted by Crippen LogP contribution is 2.40. The number of nitrogens with one attached hydrogen (secondary N) is 1. The zero-order valence-electron chi connectivity index (χ0n) is 43.5. The van der Waals surface area contributed by atoms with Gasteiger partial charge in [-0.2, -0.15) is 0 Å². The van der Waals surface area contributed by atoms with Gasteiger partial charge in [0.1, 0.15) is 47.2 Å². The molecule has 2 unspecified atom stereocenters. The lowest BCUT2D eigenvalue weighted by molar-refractivity contribution is -0.141.